The van der Waals surface area contributed by atoms with Gasteiger partial charge in [-0.2, -0.15) is 0 Å². The minimum Gasteiger partial charge on any atom is -0.368 e. The van der Waals surface area contributed by atoms with E-state index in [9.17, 15) is 4.79 Å². The Kier molecular flexibility index (Phi) is 7.46. The molecule has 0 unspecified atom stereocenters. The second kappa shape index (κ2) is 11.1. The lowest BCUT2D eigenvalue weighted by atomic mass is 9.89. The molecule has 1 aliphatic rings. The maximum Gasteiger partial charge on any atom is 0.185 e. The van der Waals surface area contributed by atoms with Gasteiger partial charge in [0.15, 0.2) is 17.9 Å². The summed E-state index contributed by atoms with van der Waals surface area (Å²) in [6.45, 7) is 1.21. The van der Waals surface area contributed by atoms with Gasteiger partial charge in [-0.05, 0) is 42.5 Å². The summed E-state index contributed by atoms with van der Waals surface area (Å²) in [6, 6.07) is 7.56. The quantitative estimate of drug-likeness (QED) is 0.315. The normalized spacial score (nSPS) is 14.7. The van der Waals surface area contributed by atoms with E-state index in [-0.39, 0.29) is 5.84 Å². The summed E-state index contributed by atoms with van der Waals surface area (Å²) in [5.74, 6) is 1.56. The summed E-state index contributed by atoms with van der Waals surface area (Å²) >= 11 is 0. The third-order valence-electron chi connectivity index (χ3n) is 5.56. The molecule has 1 fully saturated rings. The first kappa shape index (κ1) is 21.5. The topological polar surface area (TPSA) is 105 Å². The SMILES string of the molecule is O=CC(=NCc1cccnc1)Nc1ccc(-c2cncnc2)nc1NCC1CCCCC1. The Morgan fingerprint density at radius 3 is 2.66 bits per heavy atom. The number of anilines is 2. The van der Waals surface area contributed by atoms with Crippen LogP contribution in [0.2, 0.25) is 0 Å². The van der Waals surface area contributed by atoms with E-state index in [0.29, 0.717) is 24.0 Å². The Hall–Kier alpha value is -3.68. The van der Waals surface area contributed by atoms with Gasteiger partial charge in [0.25, 0.3) is 0 Å². The van der Waals surface area contributed by atoms with Crippen LogP contribution in [-0.2, 0) is 11.3 Å². The zero-order valence-corrected chi connectivity index (χ0v) is 17.9. The summed E-state index contributed by atoms with van der Waals surface area (Å²) < 4.78 is 0. The molecule has 8 heteroatoms. The molecule has 0 atom stereocenters. The van der Waals surface area contributed by atoms with E-state index >= 15 is 0 Å². The van der Waals surface area contributed by atoms with Crippen LogP contribution in [0.25, 0.3) is 11.3 Å². The number of hydrogen-bond donors (Lipinski definition) is 2. The Balaban J connectivity index is 1.55. The van der Waals surface area contributed by atoms with E-state index < -0.39 is 0 Å². The fourth-order valence-electron chi connectivity index (χ4n) is 3.83. The second-order valence-corrected chi connectivity index (χ2v) is 7.91. The van der Waals surface area contributed by atoms with Gasteiger partial charge in [0.05, 0.1) is 17.9 Å². The van der Waals surface area contributed by atoms with Crippen molar-refractivity contribution >= 4 is 23.6 Å². The van der Waals surface area contributed by atoms with Gasteiger partial charge in [-0.3, -0.25) is 14.8 Å². The van der Waals surface area contributed by atoms with Crippen molar-refractivity contribution in [2.45, 2.75) is 38.6 Å². The molecule has 0 spiro atoms. The average Bonchev–Trinajstić information content (AvgIpc) is 2.87. The Morgan fingerprint density at radius 2 is 1.91 bits per heavy atom. The van der Waals surface area contributed by atoms with Crippen molar-refractivity contribution in [2.75, 3.05) is 17.2 Å². The standard InChI is InChI=1S/C24H27N7O/c32-16-23(28-13-19-7-4-10-25-11-19)30-22-9-8-21(20-14-26-17-27-15-20)31-24(22)29-12-18-5-2-1-3-6-18/h4,7-11,14-18H,1-3,5-6,12-13H2,(H,28,30)(H,29,31). The van der Waals surface area contributed by atoms with Crippen molar-refractivity contribution < 1.29 is 4.79 Å². The molecule has 3 aromatic heterocycles. The predicted octanol–water partition coefficient (Wildman–Crippen LogP) is 4.14. The van der Waals surface area contributed by atoms with E-state index in [4.69, 9.17) is 4.98 Å². The van der Waals surface area contributed by atoms with Gasteiger partial charge >= 0.3 is 0 Å². The third-order valence-corrected chi connectivity index (χ3v) is 5.56. The summed E-state index contributed by atoms with van der Waals surface area (Å²) in [5, 5.41) is 6.64. The maximum absolute atomic E-state index is 11.7. The Bertz CT molecular complexity index is 1030. The van der Waals surface area contributed by atoms with Crippen LogP contribution in [0.15, 0.2) is 60.4 Å². The smallest absolute Gasteiger partial charge is 0.185 e. The van der Waals surface area contributed by atoms with Crippen LogP contribution >= 0.6 is 0 Å². The molecule has 0 bridgehead atoms. The number of aliphatic imine (C=N–C) groups is 1. The molecule has 3 heterocycles. The van der Waals surface area contributed by atoms with E-state index in [1.807, 2.05) is 24.3 Å². The molecule has 8 nitrogen and oxygen atoms in total. The third kappa shape index (κ3) is 5.94. The molecule has 3 aromatic rings. The minimum absolute atomic E-state index is 0.243. The van der Waals surface area contributed by atoms with Crippen LogP contribution in [0.5, 0.6) is 0 Å². The number of nitrogens with one attached hydrogen (secondary N) is 2. The van der Waals surface area contributed by atoms with Crippen LogP contribution in [0.3, 0.4) is 0 Å². The van der Waals surface area contributed by atoms with E-state index in [2.05, 4.69) is 30.6 Å². The molecule has 2 N–H and O–H groups in total. The van der Waals surface area contributed by atoms with Crippen LogP contribution in [-0.4, -0.2) is 38.6 Å². The van der Waals surface area contributed by atoms with Gasteiger partial charge in [-0.25, -0.2) is 15.0 Å². The number of amidine groups is 1. The molecule has 1 saturated carbocycles. The van der Waals surface area contributed by atoms with Gasteiger partial charge in [0.1, 0.15) is 6.33 Å². The number of carbonyl (C=O) groups is 1. The molecule has 4 rings (SSSR count). The van der Waals surface area contributed by atoms with Crippen molar-refractivity contribution in [3.63, 3.8) is 0 Å². The van der Waals surface area contributed by atoms with E-state index in [1.165, 1.54) is 38.4 Å². The molecular formula is C24H27N7O. The van der Waals surface area contributed by atoms with E-state index in [1.54, 1.807) is 24.8 Å². The number of pyridine rings is 2. The number of aromatic nitrogens is 4. The maximum atomic E-state index is 11.7. The predicted molar refractivity (Wildman–Crippen MR) is 125 cm³/mol. The Labute approximate surface area is 187 Å². The van der Waals surface area contributed by atoms with Gasteiger partial charge < -0.3 is 10.6 Å². The second-order valence-electron chi connectivity index (χ2n) is 7.91. The van der Waals surface area contributed by atoms with Gasteiger partial charge in [-0.15, -0.1) is 0 Å². The van der Waals surface area contributed by atoms with Crippen LogP contribution < -0.4 is 10.6 Å². The molecular weight excluding hydrogens is 402 g/mol. The zero-order valence-electron chi connectivity index (χ0n) is 17.9. The highest BCUT2D eigenvalue weighted by atomic mass is 16.1. The summed E-state index contributed by atoms with van der Waals surface area (Å²) in [6.07, 6.45) is 15.5. The first-order valence-electron chi connectivity index (χ1n) is 11.0. The highest BCUT2D eigenvalue weighted by Crippen LogP contribution is 2.28. The zero-order chi connectivity index (χ0) is 22.0. The highest BCUT2D eigenvalue weighted by molar-refractivity contribution is 6.33. The first-order valence-corrected chi connectivity index (χ1v) is 11.0. The number of hydrogen-bond acceptors (Lipinski definition) is 7. The van der Waals surface area contributed by atoms with Gasteiger partial charge in [0, 0.05) is 36.9 Å². The number of rotatable bonds is 8. The first-order chi connectivity index (χ1) is 15.8. The molecule has 0 aromatic carbocycles. The molecule has 1 aliphatic carbocycles. The fourth-order valence-corrected chi connectivity index (χ4v) is 3.83. The lowest BCUT2D eigenvalue weighted by Gasteiger charge is -2.23. The highest BCUT2D eigenvalue weighted by Gasteiger charge is 2.15. The van der Waals surface area contributed by atoms with Crippen LogP contribution in [0.1, 0.15) is 37.7 Å². The monoisotopic (exact) mass is 429 g/mol. The van der Waals surface area contributed by atoms with Crippen LogP contribution in [0, 0.1) is 5.92 Å². The molecule has 0 aliphatic heterocycles. The molecule has 32 heavy (non-hydrogen) atoms. The molecule has 164 valence electrons. The van der Waals surface area contributed by atoms with Crippen molar-refractivity contribution in [2.24, 2.45) is 10.9 Å². The van der Waals surface area contributed by atoms with Crippen LogP contribution in [0.4, 0.5) is 11.5 Å². The van der Waals surface area contributed by atoms with Crippen molar-refractivity contribution in [1.82, 2.24) is 19.9 Å². The lowest BCUT2D eigenvalue weighted by Crippen LogP contribution is -2.20. The summed E-state index contributed by atoms with van der Waals surface area (Å²) in [4.78, 5) is 33.1. The average molecular weight is 430 g/mol. The molecule has 0 radical (unpaired) electrons. The van der Waals surface area contributed by atoms with Gasteiger partial charge in [-0.1, -0.05) is 25.3 Å². The largest absolute Gasteiger partial charge is 0.368 e. The summed E-state index contributed by atoms with van der Waals surface area (Å²) in [7, 11) is 0. The Morgan fingerprint density at radius 1 is 1.06 bits per heavy atom. The van der Waals surface area contributed by atoms with E-state index in [0.717, 1.165) is 29.7 Å². The number of aldehydes is 1. The number of carbonyl (C=O) groups excluding carboxylic acids is 1. The molecule has 0 amide bonds. The minimum atomic E-state index is 0.243. The fraction of sp³-hybridized carbons (Fsp3) is 0.333. The van der Waals surface area contributed by atoms with Crippen molar-refractivity contribution in [3.8, 4) is 11.3 Å². The van der Waals surface area contributed by atoms with Crippen molar-refractivity contribution in [1.29, 1.82) is 0 Å². The van der Waals surface area contributed by atoms with Crippen molar-refractivity contribution in [3.05, 3.63) is 60.9 Å². The van der Waals surface area contributed by atoms with Gasteiger partial charge in [0.2, 0.25) is 0 Å². The lowest BCUT2D eigenvalue weighted by molar-refractivity contribution is -0.102. The molecule has 0 saturated heterocycles. The number of nitrogens with zero attached hydrogens (tertiary/aromatic N) is 5. The summed E-state index contributed by atoms with van der Waals surface area (Å²) in [5.41, 5.74) is 3.24.